The summed E-state index contributed by atoms with van der Waals surface area (Å²) in [7, 11) is 4.77. The zero-order valence-electron chi connectivity index (χ0n) is 17.4. The second-order valence-corrected chi connectivity index (χ2v) is 6.66. The molecule has 0 atom stereocenters. The molecule has 3 rings (SSSR count). The monoisotopic (exact) mass is 418 g/mol. The zero-order chi connectivity index (χ0) is 22.4. The molecule has 7 nitrogen and oxygen atoms in total. The van der Waals surface area contributed by atoms with Crippen molar-refractivity contribution in [1.82, 2.24) is 0 Å². The zero-order valence-corrected chi connectivity index (χ0v) is 17.4. The van der Waals surface area contributed by atoms with Crippen LogP contribution < -0.4 is 14.4 Å². The molecule has 0 saturated carbocycles. The number of nitrogens with zero attached hydrogens (tertiary/aromatic N) is 2. The highest BCUT2D eigenvalue weighted by atomic mass is 16.6. The van der Waals surface area contributed by atoms with E-state index in [1.807, 2.05) is 30.3 Å². The fourth-order valence-electron chi connectivity index (χ4n) is 3.13. The van der Waals surface area contributed by atoms with Crippen LogP contribution in [0, 0.1) is 10.1 Å². The SMILES string of the molecule is COc1ccc(C(=O)C=Cc2ccc(N(C)c3ccccc3)c([N+](=O)[O-])c2)c(OC)c1. The molecule has 0 N–H and O–H groups in total. The molecule has 0 aliphatic rings. The summed E-state index contributed by atoms with van der Waals surface area (Å²) in [5.74, 6) is 0.679. The number of ketones is 1. The molecule has 0 fully saturated rings. The van der Waals surface area contributed by atoms with Crippen LogP contribution in [0.5, 0.6) is 11.5 Å². The minimum Gasteiger partial charge on any atom is -0.497 e. The molecule has 0 spiro atoms. The van der Waals surface area contributed by atoms with Crippen molar-refractivity contribution in [2.24, 2.45) is 0 Å². The average molecular weight is 418 g/mol. The summed E-state index contributed by atoms with van der Waals surface area (Å²) in [6.07, 6.45) is 2.91. The maximum atomic E-state index is 12.6. The maximum absolute atomic E-state index is 12.6. The number of para-hydroxylation sites is 1. The molecule has 0 aliphatic carbocycles. The first-order chi connectivity index (χ1) is 14.9. The van der Waals surface area contributed by atoms with Crippen molar-refractivity contribution in [2.75, 3.05) is 26.2 Å². The molecule has 3 aromatic carbocycles. The lowest BCUT2D eigenvalue weighted by Crippen LogP contribution is -2.11. The standard InChI is InChI=1S/C24H22N2O5/c1-25(18-7-5-4-6-8-18)21-13-9-17(15-22(21)26(28)29)10-14-23(27)20-12-11-19(30-2)16-24(20)31-3/h4-16H,1-3H3. The number of nitro groups is 1. The van der Waals surface area contributed by atoms with E-state index in [0.29, 0.717) is 28.3 Å². The third kappa shape index (κ3) is 4.90. The molecule has 0 saturated heterocycles. The lowest BCUT2D eigenvalue weighted by atomic mass is 10.1. The number of anilines is 2. The van der Waals surface area contributed by atoms with E-state index in [0.717, 1.165) is 5.69 Å². The van der Waals surface area contributed by atoms with Crippen LogP contribution >= 0.6 is 0 Å². The first-order valence-electron chi connectivity index (χ1n) is 9.46. The lowest BCUT2D eigenvalue weighted by molar-refractivity contribution is -0.384. The van der Waals surface area contributed by atoms with E-state index in [4.69, 9.17) is 9.47 Å². The Kier molecular flexibility index (Phi) is 6.67. The van der Waals surface area contributed by atoms with Gasteiger partial charge in [-0.1, -0.05) is 30.3 Å². The minimum absolute atomic E-state index is 0.0528. The Hall–Kier alpha value is -4.13. The number of allylic oxidation sites excluding steroid dienone is 1. The number of hydrogen-bond donors (Lipinski definition) is 0. The fraction of sp³-hybridized carbons (Fsp3) is 0.125. The van der Waals surface area contributed by atoms with Crippen molar-refractivity contribution in [1.29, 1.82) is 0 Å². The second-order valence-electron chi connectivity index (χ2n) is 6.66. The topological polar surface area (TPSA) is 81.9 Å². The van der Waals surface area contributed by atoms with Gasteiger partial charge >= 0.3 is 0 Å². The van der Waals surface area contributed by atoms with Crippen LogP contribution in [0.4, 0.5) is 17.1 Å². The number of carbonyl (C=O) groups is 1. The van der Waals surface area contributed by atoms with Crippen LogP contribution in [0.1, 0.15) is 15.9 Å². The molecule has 0 bridgehead atoms. The maximum Gasteiger partial charge on any atom is 0.293 e. The lowest BCUT2D eigenvalue weighted by Gasteiger charge is -2.19. The van der Waals surface area contributed by atoms with Crippen molar-refractivity contribution in [2.45, 2.75) is 0 Å². The number of benzene rings is 3. The van der Waals surface area contributed by atoms with Gasteiger partial charge in [-0.2, -0.15) is 0 Å². The quantitative estimate of drug-likeness (QED) is 0.214. The third-order valence-electron chi connectivity index (χ3n) is 4.80. The predicted octanol–water partition coefficient (Wildman–Crippen LogP) is 5.28. The van der Waals surface area contributed by atoms with Gasteiger partial charge in [0.2, 0.25) is 0 Å². The van der Waals surface area contributed by atoms with E-state index < -0.39 is 4.92 Å². The van der Waals surface area contributed by atoms with Gasteiger partial charge in [-0.25, -0.2) is 0 Å². The Labute approximate surface area is 180 Å². The smallest absolute Gasteiger partial charge is 0.293 e. The predicted molar refractivity (Wildman–Crippen MR) is 121 cm³/mol. The highest BCUT2D eigenvalue weighted by Crippen LogP contribution is 2.33. The summed E-state index contributed by atoms with van der Waals surface area (Å²) >= 11 is 0. The van der Waals surface area contributed by atoms with E-state index in [1.165, 1.54) is 26.4 Å². The van der Waals surface area contributed by atoms with Crippen molar-refractivity contribution >= 4 is 28.9 Å². The Balaban J connectivity index is 1.89. The molecule has 0 unspecified atom stereocenters. The Bertz CT molecular complexity index is 1130. The highest BCUT2D eigenvalue weighted by molar-refractivity contribution is 6.08. The Morgan fingerprint density at radius 2 is 1.74 bits per heavy atom. The van der Waals surface area contributed by atoms with Crippen LogP contribution in [-0.4, -0.2) is 32.0 Å². The average Bonchev–Trinajstić information content (AvgIpc) is 2.81. The van der Waals surface area contributed by atoms with Gasteiger partial charge in [0.1, 0.15) is 17.2 Å². The van der Waals surface area contributed by atoms with E-state index in [2.05, 4.69) is 0 Å². The summed E-state index contributed by atoms with van der Waals surface area (Å²) in [5.41, 5.74) is 2.14. The van der Waals surface area contributed by atoms with Crippen molar-refractivity contribution in [3.63, 3.8) is 0 Å². The van der Waals surface area contributed by atoms with Crippen molar-refractivity contribution in [3.8, 4) is 11.5 Å². The molecule has 158 valence electrons. The molecule has 0 radical (unpaired) electrons. The summed E-state index contributed by atoms with van der Waals surface area (Å²) < 4.78 is 10.4. The summed E-state index contributed by atoms with van der Waals surface area (Å²) in [4.78, 5) is 25.6. The number of nitro benzene ring substituents is 1. The van der Waals surface area contributed by atoms with E-state index in [-0.39, 0.29) is 11.5 Å². The number of methoxy groups -OCH3 is 2. The van der Waals surface area contributed by atoms with Gasteiger partial charge < -0.3 is 14.4 Å². The van der Waals surface area contributed by atoms with Gasteiger partial charge in [0, 0.05) is 24.9 Å². The van der Waals surface area contributed by atoms with Gasteiger partial charge in [-0.05, 0) is 42.0 Å². The molecule has 3 aromatic rings. The summed E-state index contributed by atoms with van der Waals surface area (Å²) in [6.45, 7) is 0. The van der Waals surface area contributed by atoms with Gasteiger partial charge in [0.05, 0.1) is 24.7 Å². The molecule has 0 aromatic heterocycles. The van der Waals surface area contributed by atoms with Crippen LogP contribution in [0.15, 0.2) is 72.8 Å². The minimum atomic E-state index is -0.430. The molecule has 0 heterocycles. The summed E-state index contributed by atoms with van der Waals surface area (Å²) in [6, 6.07) is 19.1. The number of hydrogen-bond acceptors (Lipinski definition) is 6. The summed E-state index contributed by atoms with van der Waals surface area (Å²) in [5, 5.41) is 11.7. The third-order valence-corrected chi connectivity index (χ3v) is 4.80. The number of ether oxygens (including phenoxy) is 2. The van der Waals surface area contributed by atoms with Crippen LogP contribution in [0.2, 0.25) is 0 Å². The van der Waals surface area contributed by atoms with Gasteiger partial charge in [-0.15, -0.1) is 0 Å². The Morgan fingerprint density at radius 3 is 2.39 bits per heavy atom. The van der Waals surface area contributed by atoms with E-state index in [9.17, 15) is 14.9 Å². The van der Waals surface area contributed by atoms with Gasteiger partial charge in [0.25, 0.3) is 5.69 Å². The molecule has 0 aliphatic heterocycles. The second kappa shape index (κ2) is 9.58. The van der Waals surface area contributed by atoms with E-state index >= 15 is 0 Å². The number of rotatable bonds is 8. The Morgan fingerprint density at radius 1 is 1.00 bits per heavy atom. The van der Waals surface area contributed by atoms with Crippen molar-refractivity contribution < 1.29 is 19.2 Å². The fourth-order valence-corrected chi connectivity index (χ4v) is 3.13. The van der Waals surface area contributed by atoms with Gasteiger partial charge in [0.15, 0.2) is 5.78 Å². The van der Waals surface area contributed by atoms with Crippen LogP contribution in [-0.2, 0) is 0 Å². The molecule has 7 heteroatoms. The normalized spacial score (nSPS) is 10.7. The number of carbonyl (C=O) groups excluding carboxylic acids is 1. The highest BCUT2D eigenvalue weighted by Gasteiger charge is 2.18. The van der Waals surface area contributed by atoms with Crippen LogP contribution in [0.25, 0.3) is 6.08 Å². The molecule has 0 amide bonds. The first kappa shape index (κ1) is 21.6. The first-order valence-corrected chi connectivity index (χ1v) is 9.46. The largest absolute Gasteiger partial charge is 0.497 e. The van der Waals surface area contributed by atoms with Crippen molar-refractivity contribution in [3.05, 3.63) is 94.0 Å². The molecular formula is C24H22N2O5. The van der Waals surface area contributed by atoms with E-state index in [1.54, 1.807) is 48.4 Å². The molecule has 31 heavy (non-hydrogen) atoms. The van der Waals surface area contributed by atoms with Gasteiger partial charge in [-0.3, -0.25) is 14.9 Å². The molecular weight excluding hydrogens is 396 g/mol. The van der Waals surface area contributed by atoms with Crippen LogP contribution in [0.3, 0.4) is 0 Å².